The first-order valence-electron chi connectivity index (χ1n) is 6.43. The van der Waals surface area contributed by atoms with Crippen molar-refractivity contribution in [2.24, 2.45) is 5.92 Å². The number of hydrogen-bond donors (Lipinski definition) is 2. The first kappa shape index (κ1) is 10.8. The van der Waals surface area contributed by atoms with E-state index < -0.39 is 0 Å². The quantitative estimate of drug-likeness (QED) is 0.789. The molecule has 90 valence electrons. The molecule has 2 heterocycles. The second-order valence-electron chi connectivity index (χ2n) is 5.22. The average Bonchev–Trinajstić information content (AvgIpc) is 2.76. The molecule has 1 aliphatic heterocycles. The van der Waals surface area contributed by atoms with Crippen LogP contribution in [0.15, 0.2) is 18.3 Å². The molecule has 1 aliphatic rings. The summed E-state index contributed by atoms with van der Waals surface area (Å²) in [7, 11) is 0. The first-order chi connectivity index (χ1) is 8.25. The largest absolute Gasteiger partial charge is 0.310 e. The smallest absolute Gasteiger partial charge is 0.0653 e. The zero-order chi connectivity index (χ0) is 11.8. The molecule has 17 heavy (non-hydrogen) atoms. The van der Waals surface area contributed by atoms with Gasteiger partial charge >= 0.3 is 0 Å². The lowest BCUT2D eigenvalue weighted by Crippen LogP contribution is -2.33. The number of piperidine rings is 1. The Balaban J connectivity index is 2.05. The van der Waals surface area contributed by atoms with Crippen molar-refractivity contribution in [1.29, 1.82) is 0 Å². The van der Waals surface area contributed by atoms with Crippen LogP contribution in [-0.2, 0) is 0 Å². The molecule has 1 aromatic heterocycles. The van der Waals surface area contributed by atoms with Gasteiger partial charge in [0.05, 0.1) is 11.7 Å². The van der Waals surface area contributed by atoms with Crippen LogP contribution >= 0.6 is 0 Å². The van der Waals surface area contributed by atoms with Crippen LogP contribution in [0.2, 0.25) is 0 Å². The lowest BCUT2D eigenvalue weighted by atomic mass is 9.85. The molecule has 0 radical (unpaired) electrons. The van der Waals surface area contributed by atoms with Crippen molar-refractivity contribution in [2.75, 3.05) is 6.54 Å². The summed E-state index contributed by atoms with van der Waals surface area (Å²) >= 11 is 0. The molecule has 0 saturated carbocycles. The minimum Gasteiger partial charge on any atom is -0.310 e. The first-order valence-corrected chi connectivity index (χ1v) is 6.43. The summed E-state index contributed by atoms with van der Waals surface area (Å²) in [4.78, 5) is 0. The summed E-state index contributed by atoms with van der Waals surface area (Å²) in [6.07, 6.45) is 4.50. The van der Waals surface area contributed by atoms with Gasteiger partial charge in [0, 0.05) is 11.4 Å². The van der Waals surface area contributed by atoms with Crippen molar-refractivity contribution in [2.45, 2.75) is 32.7 Å². The summed E-state index contributed by atoms with van der Waals surface area (Å²) in [5.74, 6) is 0.711. The SMILES string of the molecule is Cc1cc2cn[nH]c2cc1C1NCCCC1C. The van der Waals surface area contributed by atoms with E-state index in [1.807, 2.05) is 6.20 Å². The highest BCUT2D eigenvalue weighted by Crippen LogP contribution is 2.32. The molecule has 1 saturated heterocycles. The maximum atomic E-state index is 4.10. The van der Waals surface area contributed by atoms with Crippen LogP contribution in [0, 0.1) is 12.8 Å². The second kappa shape index (κ2) is 4.15. The van der Waals surface area contributed by atoms with Crippen molar-refractivity contribution in [3.05, 3.63) is 29.5 Å². The molecule has 2 atom stereocenters. The van der Waals surface area contributed by atoms with Gasteiger partial charge in [-0.3, -0.25) is 5.10 Å². The highest BCUT2D eigenvalue weighted by Gasteiger charge is 2.23. The zero-order valence-corrected chi connectivity index (χ0v) is 10.5. The van der Waals surface area contributed by atoms with Crippen molar-refractivity contribution in [3.63, 3.8) is 0 Å². The van der Waals surface area contributed by atoms with E-state index in [1.165, 1.54) is 29.4 Å². The van der Waals surface area contributed by atoms with Gasteiger partial charge in [-0.2, -0.15) is 5.10 Å². The topological polar surface area (TPSA) is 40.7 Å². The molecule has 2 N–H and O–H groups in total. The van der Waals surface area contributed by atoms with Gasteiger partial charge < -0.3 is 5.32 Å². The Kier molecular flexibility index (Phi) is 2.63. The Morgan fingerprint density at radius 3 is 3.06 bits per heavy atom. The third-order valence-electron chi connectivity index (χ3n) is 3.93. The summed E-state index contributed by atoms with van der Waals surface area (Å²) in [6.45, 7) is 5.67. The molecule has 3 heteroatoms. The minimum atomic E-state index is 0.497. The van der Waals surface area contributed by atoms with Crippen LogP contribution < -0.4 is 5.32 Å². The molecule has 0 spiro atoms. The standard InChI is InChI=1S/C14H19N3/c1-9-4-3-5-15-14(9)12-7-13-11(6-10(12)2)8-16-17-13/h6-9,14-15H,3-5H2,1-2H3,(H,16,17). The second-order valence-corrected chi connectivity index (χ2v) is 5.22. The third kappa shape index (κ3) is 1.84. The Morgan fingerprint density at radius 1 is 1.35 bits per heavy atom. The molecule has 0 amide bonds. The number of aryl methyl sites for hydroxylation is 1. The molecule has 1 fully saturated rings. The summed E-state index contributed by atoms with van der Waals surface area (Å²) < 4.78 is 0. The van der Waals surface area contributed by atoms with Crippen molar-refractivity contribution >= 4 is 10.9 Å². The predicted molar refractivity (Wildman–Crippen MR) is 70.0 cm³/mol. The highest BCUT2D eigenvalue weighted by atomic mass is 15.1. The number of nitrogens with one attached hydrogen (secondary N) is 2. The Bertz CT molecular complexity index is 529. The van der Waals surface area contributed by atoms with E-state index in [4.69, 9.17) is 0 Å². The van der Waals surface area contributed by atoms with Crippen molar-refractivity contribution in [1.82, 2.24) is 15.5 Å². The Morgan fingerprint density at radius 2 is 2.24 bits per heavy atom. The number of fused-ring (bicyclic) bond motifs is 1. The maximum absolute atomic E-state index is 4.10. The van der Waals surface area contributed by atoms with E-state index in [2.05, 4.69) is 41.5 Å². The zero-order valence-electron chi connectivity index (χ0n) is 10.5. The van der Waals surface area contributed by atoms with Gasteiger partial charge in [-0.05, 0) is 55.5 Å². The van der Waals surface area contributed by atoms with Crippen LogP contribution in [0.1, 0.15) is 36.9 Å². The molecule has 1 aromatic carbocycles. The van der Waals surface area contributed by atoms with Gasteiger partial charge in [0.25, 0.3) is 0 Å². The average molecular weight is 229 g/mol. The van der Waals surface area contributed by atoms with E-state index in [0.717, 1.165) is 12.1 Å². The fourth-order valence-corrected chi connectivity index (χ4v) is 2.92. The third-order valence-corrected chi connectivity index (χ3v) is 3.93. The van der Waals surface area contributed by atoms with Gasteiger partial charge in [0.2, 0.25) is 0 Å². The van der Waals surface area contributed by atoms with Gasteiger partial charge in [-0.1, -0.05) is 6.92 Å². The molecule has 0 bridgehead atoms. The Labute approximate surface area is 102 Å². The number of rotatable bonds is 1. The van der Waals surface area contributed by atoms with Crippen LogP contribution in [0.3, 0.4) is 0 Å². The number of H-pyrrole nitrogens is 1. The van der Waals surface area contributed by atoms with E-state index in [1.54, 1.807) is 0 Å². The number of nitrogens with zero attached hydrogens (tertiary/aromatic N) is 1. The monoisotopic (exact) mass is 229 g/mol. The van der Waals surface area contributed by atoms with Crippen LogP contribution in [0.25, 0.3) is 10.9 Å². The highest BCUT2D eigenvalue weighted by molar-refractivity contribution is 5.79. The number of aromatic amines is 1. The van der Waals surface area contributed by atoms with Crippen molar-refractivity contribution in [3.8, 4) is 0 Å². The van der Waals surface area contributed by atoms with Gasteiger partial charge in [0.1, 0.15) is 0 Å². The summed E-state index contributed by atoms with van der Waals surface area (Å²) in [5, 5.41) is 12.0. The van der Waals surface area contributed by atoms with E-state index in [0.29, 0.717) is 12.0 Å². The molecule has 2 unspecified atom stereocenters. The molecule has 3 nitrogen and oxygen atoms in total. The maximum Gasteiger partial charge on any atom is 0.0653 e. The summed E-state index contributed by atoms with van der Waals surface area (Å²) in [5.41, 5.74) is 3.93. The minimum absolute atomic E-state index is 0.497. The molecule has 3 rings (SSSR count). The normalized spacial score (nSPS) is 25.3. The van der Waals surface area contributed by atoms with E-state index in [-0.39, 0.29) is 0 Å². The van der Waals surface area contributed by atoms with Crippen LogP contribution in [-0.4, -0.2) is 16.7 Å². The van der Waals surface area contributed by atoms with Crippen LogP contribution in [0.4, 0.5) is 0 Å². The van der Waals surface area contributed by atoms with Gasteiger partial charge in [-0.15, -0.1) is 0 Å². The molecular weight excluding hydrogens is 210 g/mol. The van der Waals surface area contributed by atoms with Gasteiger partial charge in [0.15, 0.2) is 0 Å². The van der Waals surface area contributed by atoms with E-state index >= 15 is 0 Å². The Hall–Kier alpha value is -1.35. The molecule has 0 aliphatic carbocycles. The van der Waals surface area contributed by atoms with E-state index in [9.17, 15) is 0 Å². The molecular formula is C14H19N3. The number of aromatic nitrogens is 2. The number of hydrogen-bond acceptors (Lipinski definition) is 2. The van der Waals surface area contributed by atoms with Crippen molar-refractivity contribution < 1.29 is 0 Å². The predicted octanol–water partition coefficient (Wildman–Crippen LogP) is 2.93. The lowest BCUT2D eigenvalue weighted by Gasteiger charge is -2.31. The van der Waals surface area contributed by atoms with Crippen LogP contribution in [0.5, 0.6) is 0 Å². The van der Waals surface area contributed by atoms with Gasteiger partial charge in [-0.25, -0.2) is 0 Å². The fraction of sp³-hybridized carbons (Fsp3) is 0.500. The fourth-order valence-electron chi connectivity index (χ4n) is 2.92. The molecule has 2 aromatic rings. The summed E-state index contributed by atoms with van der Waals surface area (Å²) in [6, 6.07) is 4.99. The number of benzene rings is 1. The lowest BCUT2D eigenvalue weighted by molar-refractivity contribution is 0.305.